The molecule has 1 aromatic carbocycles. The van der Waals surface area contributed by atoms with Crippen LogP contribution in [0.3, 0.4) is 0 Å². The SMILES string of the molecule is CCC(C)SCC(NC)c1ccc(OC2CC2)cc1. The molecule has 0 spiro atoms. The molecule has 1 fully saturated rings. The molecule has 0 radical (unpaired) electrons. The second kappa shape index (κ2) is 7.20. The minimum absolute atomic E-state index is 0.425. The lowest BCUT2D eigenvalue weighted by molar-refractivity contribution is 0.303. The summed E-state index contributed by atoms with van der Waals surface area (Å²) in [4.78, 5) is 0. The normalized spacial score (nSPS) is 18.1. The highest BCUT2D eigenvalue weighted by Crippen LogP contribution is 2.28. The van der Waals surface area contributed by atoms with Crippen LogP contribution in [-0.2, 0) is 0 Å². The summed E-state index contributed by atoms with van der Waals surface area (Å²) < 4.78 is 5.78. The zero-order valence-corrected chi connectivity index (χ0v) is 13.0. The first-order valence-electron chi connectivity index (χ1n) is 7.28. The van der Waals surface area contributed by atoms with E-state index in [9.17, 15) is 0 Å². The Morgan fingerprint density at radius 1 is 1.32 bits per heavy atom. The van der Waals surface area contributed by atoms with E-state index in [0.717, 1.165) is 16.8 Å². The number of ether oxygens (including phenoxy) is 1. The average Bonchev–Trinajstić information content (AvgIpc) is 3.24. The summed E-state index contributed by atoms with van der Waals surface area (Å²) in [5.41, 5.74) is 1.35. The number of rotatable bonds is 8. The van der Waals surface area contributed by atoms with Gasteiger partial charge < -0.3 is 10.1 Å². The molecule has 2 atom stereocenters. The van der Waals surface area contributed by atoms with Gasteiger partial charge in [0.2, 0.25) is 0 Å². The smallest absolute Gasteiger partial charge is 0.119 e. The van der Waals surface area contributed by atoms with Crippen molar-refractivity contribution >= 4 is 11.8 Å². The molecule has 3 heteroatoms. The topological polar surface area (TPSA) is 21.3 Å². The first-order chi connectivity index (χ1) is 9.22. The van der Waals surface area contributed by atoms with Crippen molar-refractivity contribution in [2.75, 3.05) is 12.8 Å². The van der Waals surface area contributed by atoms with Gasteiger partial charge in [0.1, 0.15) is 5.75 Å². The fraction of sp³-hybridized carbons (Fsp3) is 0.625. The molecule has 0 aromatic heterocycles. The molecule has 0 amide bonds. The standard InChI is InChI=1S/C16H25NOS/c1-4-12(2)19-11-16(17-3)13-5-7-14(8-6-13)18-15-9-10-15/h5-8,12,15-17H,4,9-11H2,1-3H3. The Morgan fingerprint density at radius 2 is 2.00 bits per heavy atom. The molecule has 2 nitrogen and oxygen atoms in total. The van der Waals surface area contributed by atoms with Gasteiger partial charge in [-0.1, -0.05) is 26.0 Å². The minimum atomic E-state index is 0.425. The van der Waals surface area contributed by atoms with E-state index in [4.69, 9.17) is 4.74 Å². The molecule has 0 heterocycles. The van der Waals surface area contributed by atoms with Crippen molar-refractivity contribution in [2.24, 2.45) is 0 Å². The lowest BCUT2D eigenvalue weighted by Crippen LogP contribution is -2.19. The zero-order valence-electron chi connectivity index (χ0n) is 12.2. The molecular weight excluding hydrogens is 254 g/mol. The Hall–Kier alpha value is -0.670. The summed E-state index contributed by atoms with van der Waals surface area (Å²) in [5, 5.41) is 4.14. The minimum Gasteiger partial charge on any atom is -0.490 e. The maximum Gasteiger partial charge on any atom is 0.119 e. The third kappa shape index (κ3) is 4.73. The summed E-state index contributed by atoms with van der Waals surface area (Å²) in [6, 6.07) is 9.01. The van der Waals surface area contributed by atoms with E-state index in [2.05, 4.69) is 43.4 Å². The van der Waals surface area contributed by atoms with Crippen molar-refractivity contribution in [3.05, 3.63) is 29.8 Å². The van der Waals surface area contributed by atoms with Gasteiger partial charge in [-0.3, -0.25) is 0 Å². The second-order valence-electron chi connectivity index (χ2n) is 5.28. The van der Waals surface area contributed by atoms with Gasteiger partial charge in [-0.25, -0.2) is 0 Å². The van der Waals surface area contributed by atoms with E-state index in [-0.39, 0.29) is 0 Å². The van der Waals surface area contributed by atoms with Crippen molar-refractivity contribution in [3.63, 3.8) is 0 Å². The highest BCUT2D eigenvalue weighted by molar-refractivity contribution is 7.99. The van der Waals surface area contributed by atoms with Gasteiger partial charge in [0, 0.05) is 17.0 Å². The molecule has 0 bridgehead atoms. The predicted octanol–water partition coefficient (Wildman–Crippen LogP) is 4.02. The van der Waals surface area contributed by atoms with Crippen LogP contribution in [0, 0.1) is 0 Å². The van der Waals surface area contributed by atoms with Crippen LogP contribution >= 0.6 is 11.8 Å². The van der Waals surface area contributed by atoms with Gasteiger partial charge in [-0.2, -0.15) is 11.8 Å². The van der Waals surface area contributed by atoms with Crippen molar-refractivity contribution in [2.45, 2.75) is 50.5 Å². The lowest BCUT2D eigenvalue weighted by atomic mass is 10.1. The van der Waals surface area contributed by atoms with Crippen LogP contribution in [0.2, 0.25) is 0 Å². The van der Waals surface area contributed by atoms with E-state index in [1.165, 1.54) is 24.8 Å². The second-order valence-corrected chi connectivity index (χ2v) is 6.75. The molecule has 1 N–H and O–H groups in total. The zero-order chi connectivity index (χ0) is 13.7. The number of thioether (sulfide) groups is 1. The summed E-state index contributed by atoms with van der Waals surface area (Å²) in [6.45, 7) is 4.54. The van der Waals surface area contributed by atoms with E-state index in [1.54, 1.807) is 0 Å². The monoisotopic (exact) mass is 279 g/mol. The van der Waals surface area contributed by atoms with Crippen LogP contribution < -0.4 is 10.1 Å². The highest BCUT2D eigenvalue weighted by Gasteiger charge is 2.23. The van der Waals surface area contributed by atoms with Crippen molar-refractivity contribution in [3.8, 4) is 5.75 Å². The van der Waals surface area contributed by atoms with E-state index < -0.39 is 0 Å². The van der Waals surface area contributed by atoms with E-state index >= 15 is 0 Å². The average molecular weight is 279 g/mol. The van der Waals surface area contributed by atoms with Gasteiger partial charge in [-0.05, 0) is 44.0 Å². The van der Waals surface area contributed by atoms with Gasteiger partial charge in [0.05, 0.1) is 6.10 Å². The van der Waals surface area contributed by atoms with Gasteiger partial charge >= 0.3 is 0 Å². The number of nitrogens with one attached hydrogen (secondary N) is 1. The maximum atomic E-state index is 5.78. The Bertz CT molecular complexity index is 375. The Morgan fingerprint density at radius 3 is 2.53 bits per heavy atom. The molecule has 1 aliphatic rings. The summed E-state index contributed by atoms with van der Waals surface area (Å²) in [7, 11) is 2.04. The van der Waals surface area contributed by atoms with Crippen LogP contribution in [0.1, 0.15) is 44.7 Å². The fourth-order valence-electron chi connectivity index (χ4n) is 1.88. The Balaban J connectivity index is 1.89. The predicted molar refractivity (Wildman–Crippen MR) is 84.1 cm³/mol. The largest absolute Gasteiger partial charge is 0.490 e. The molecule has 2 unspecified atom stereocenters. The van der Waals surface area contributed by atoms with Crippen molar-refractivity contribution < 1.29 is 4.74 Å². The quantitative estimate of drug-likeness (QED) is 0.776. The first-order valence-corrected chi connectivity index (χ1v) is 8.33. The highest BCUT2D eigenvalue weighted by atomic mass is 32.2. The molecule has 2 rings (SSSR count). The third-order valence-corrected chi connectivity index (χ3v) is 5.01. The van der Waals surface area contributed by atoms with Gasteiger partial charge in [0.25, 0.3) is 0 Å². The summed E-state index contributed by atoms with van der Waals surface area (Å²) in [6.07, 6.45) is 4.14. The van der Waals surface area contributed by atoms with Crippen LogP contribution in [-0.4, -0.2) is 24.2 Å². The number of benzene rings is 1. The fourth-order valence-corrected chi connectivity index (χ4v) is 3.00. The van der Waals surface area contributed by atoms with Gasteiger partial charge in [-0.15, -0.1) is 0 Å². The molecular formula is C16H25NOS. The van der Waals surface area contributed by atoms with Crippen LogP contribution in [0.25, 0.3) is 0 Å². The third-order valence-electron chi connectivity index (χ3n) is 3.58. The molecule has 1 saturated carbocycles. The Labute approximate surface area is 121 Å². The van der Waals surface area contributed by atoms with Crippen LogP contribution in [0.5, 0.6) is 5.75 Å². The van der Waals surface area contributed by atoms with Crippen molar-refractivity contribution in [1.82, 2.24) is 5.32 Å². The summed E-state index contributed by atoms with van der Waals surface area (Å²) in [5.74, 6) is 2.13. The molecule has 0 saturated heterocycles. The first kappa shape index (κ1) is 14.7. The maximum absolute atomic E-state index is 5.78. The van der Waals surface area contributed by atoms with Crippen LogP contribution in [0.15, 0.2) is 24.3 Å². The van der Waals surface area contributed by atoms with Gasteiger partial charge in [0.15, 0.2) is 0 Å². The molecule has 106 valence electrons. The van der Waals surface area contributed by atoms with Crippen LogP contribution in [0.4, 0.5) is 0 Å². The Kier molecular flexibility index (Phi) is 5.59. The summed E-state index contributed by atoms with van der Waals surface area (Å²) >= 11 is 2.04. The number of hydrogen-bond acceptors (Lipinski definition) is 3. The van der Waals surface area contributed by atoms with E-state index in [0.29, 0.717) is 12.1 Å². The lowest BCUT2D eigenvalue weighted by Gasteiger charge is -2.19. The molecule has 1 aromatic rings. The molecule has 0 aliphatic heterocycles. The molecule has 1 aliphatic carbocycles. The number of hydrogen-bond donors (Lipinski definition) is 1. The molecule has 19 heavy (non-hydrogen) atoms. The van der Waals surface area contributed by atoms with E-state index in [1.807, 2.05) is 18.8 Å². The van der Waals surface area contributed by atoms with Crippen molar-refractivity contribution in [1.29, 1.82) is 0 Å².